The van der Waals surface area contributed by atoms with Crippen molar-refractivity contribution in [1.29, 1.82) is 0 Å². The maximum Gasteiger partial charge on any atom is 0.573 e. The van der Waals surface area contributed by atoms with Crippen LogP contribution in [0.1, 0.15) is 28.3 Å². The quantitative estimate of drug-likeness (QED) is 0.699. The van der Waals surface area contributed by atoms with Gasteiger partial charge in [-0.25, -0.2) is 13.6 Å². The van der Waals surface area contributed by atoms with Gasteiger partial charge in [-0.1, -0.05) is 24.3 Å². The summed E-state index contributed by atoms with van der Waals surface area (Å²) in [7, 11) is 0. The number of nitrogens with two attached hydrogens (primary N) is 1. The molecule has 1 saturated heterocycles. The van der Waals surface area contributed by atoms with Crippen LogP contribution in [0.5, 0.6) is 5.75 Å². The first kappa shape index (κ1) is 20.9. The van der Waals surface area contributed by atoms with Crippen molar-refractivity contribution >= 4 is 11.9 Å². The number of carbonyl (C=O) groups is 2. The molecule has 2 aromatic rings. The summed E-state index contributed by atoms with van der Waals surface area (Å²) in [6.07, 6.45) is -5.26. The Balaban J connectivity index is 1.73. The molecule has 0 aromatic heterocycles. The van der Waals surface area contributed by atoms with Crippen LogP contribution >= 0.6 is 0 Å². The smallest absolute Gasteiger partial charge is 0.406 e. The van der Waals surface area contributed by atoms with Crippen LogP contribution in [0.2, 0.25) is 0 Å². The molecule has 2 aliphatic rings. The topological polar surface area (TPSA) is 84.7 Å². The highest BCUT2D eigenvalue weighted by atomic mass is 19.4. The van der Waals surface area contributed by atoms with Crippen LogP contribution in [0.25, 0.3) is 0 Å². The van der Waals surface area contributed by atoms with Gasteiger partial charge in [0.1, 0.15) is 11.8 Å². The third-order valence-electron chi connectivity index (χ3n) is 5.28. The highest BCUT2D eigenvalue weighted by Gasteiger charge is 2.45. The summed E-state index contributed by atoms with van der Waals surface area (Å²) in [5.74, 6) is -4.24. The zero-order chi connectivity index (χ0) is 22.6. The Bertz CT molecular complexity index is 1040. The number of halogens is 5. The number of alkyl halides is 5. The molecule has 11 heteroatoms. The van der Waals surface area contributed by atoms with Gasteiger partial charge >= 0.3 is 12.4 Å². The van der Waals surface area contributed by atoms with Gasteiger partial charge in [0.25, 0.3) is 5.92 Å². The van der Waals surface area contributed by atoms with E-state index in [4.69, 9.17) is 5.73 Å². The molecule has 2 aromatic carbocycles. The van der Waals surface area contributed by atoms with Gasteiger partial charge in [0.05, 0.1) is 12.6 Å². The third-order valence-corrected chi connectivity index (χ3v) is 5.28. The predicted molar refractivity (Wildman–Crippen MR) is 97.2 cm³/mol. The minimum atomic E-state index is -4.88. The number of hydrogen-bond acceptors (Lipinski definition) is 3. The lowest BCUT2D eigenvalue weighted by molar-refractivity contribution is -0.274. The molecule has 164 valence electrons. The van der Waals surface area contributed by atoms with Crippen LogP contribution in [0, 0.1) is 0 Å². The van der Waals surface area contributed by atoms with Crippen molar-refractivity contribution in [2.45, 2.75) is 30.8 Å². The zero-order valence-corrected chi connectivity index (χ0v) is 15.7. The van der Waals surface area contributed by atoms with Crippen molar-refractivity contribution < 1.29 is 36.3 Å². The number of rotatable bonds is 5. The van der Waals surface area contributed by atoms with Crippen LogP contribution < -0.4 is 15.8 Å². The second-order valence-corrected chi connectivity index (χ2v) is 7.37. The molecule has 3 N–H and O–H groups in total. The summed E-state index contributed by atoms with van der Waals surface area (Å²) in [5.41, 5.74) is 6.24. The van der Waals surface area contributed by atoms with E-state index in [0.29, 0.717) is 16.7 Å². The molecule has 4 rings (SSSR count). The van der Waals surface area contributed by atoms with Gasteiger partial charge in [-0.05, 0) is 34.9 Å². The monoisotopic (exact) mass is 441 g/mol. The van der Waals surface area contributed by atoms with Gasteiger partial charge in [0, 0.05) is 12.0 Å². The molecule has 31 heavy (non-hydrogen) atoms. The number of nitrogens with one attached hydrogen (secondary N) is 1. The maximum atomic E-state index is 13.9. The average molecular weight is 441 g/mol. The lowest BCUT2D eigenvalue weighted by atomic mass is 9.81. The molecule has 1 aliphatic heterocycles. The molecule has 2 atom stereocenters. The number of fused-ring (bicyclic) bond motifs is 1. The van der Waals surface area contributed by atoms with Gasteiger partial charge < -0.3 is 20.7 Å². The van der Waals surface area contributed by atoms with E-state index in [1.807, 2.05) is 0 Å². The van der Waals surface area contributed by atoms with E-state index in [-0.39, 0.29) is 18.5 Å². The van der Waals surface area contributed by atoms with E-state index in [9.17, 15) is 31.5 Å². The zero-order valence-electron chi connectivity index (χ0n) is 15.7. The number of ether oxygens (including phenoxy) is 1. The Morgan fingerprint density at radius 2 is 1.81 bits per heavy atom. The Kier molecular flexibility index (Phi) is 4.78. The normalized spacial score (nSPS) is 20.5. The summed E-state index contributed by atoms with van der Waals surface area (Å²) in [4.78, 5) is 25.3. The van der Waals surface area contributed by atoms with Gasteiger partial charge in [-0.15, -0.1) is 13.2 Å². The fraction of sp³-hybridized carbons (Fsp3) is 0.300. The molecule has 1 heterocycles. The Morgan fingerprint density at radius 1 is 1.16 bits per heavy atom. The minimum absolute atomic E-state index is 0.132. The van der Waals surface area contributed by atoms with Crippen LogP contribution in [-0.2, 0) is 17.1 Å². The van der Waals surface area contributed by atoms with Crippen molar-refractivity contribution in [1.82, 2.24) is 10.2 Å². The fourth-order valence-electron chi connectivity index (χ4n) is 3.83. The van der Waals surface area contributed by atoms with Crippen molar-refractivity contribution in [2.24, 2.45) is 5.73 Å². The summed E-state index contributed by atoms with van der Waals surface area (Å²) < 4.78 is 69.1. The first-order valence-corrected chi connectivity index (χ1v) is 9.18. The standard InChI is InChI=1S/C20H16F5N3O3/c21-19(22)8-12-2-1-11(7-14(12)19)16(28-9-15(17(26)29)27-18(28)30)10-3-5-13(6-4-10)31-20(23,24)25/h1-7,15-16H,8-9H2,(H2,26,29)(H,27,30)/t15?,16-/m0/s1. The third kappa shape index (κ3) is 3.99. The number of primary amides is 1. The van der Waals surface area contributed by atoms with Crippen LogP contribution in [-0.4, -0.2) is 35.8 Å². The fourth-order valence-corrected chi connectivity index (χ4v) is 3.83. The van der Waals surface area contributed by atoms with Crippen molar-refractivity contribution in [3.8, 4) is 5.75 Å². The molecular weight excluding hydrogens is 425 g/mol. The number of hydrogen-bond donors (Lipinski definition) is 2. The maximum absolute atomic E-state index is 13.9. The molecular formula is C20H16F5N3O3. The van der Waals surface area contributed by atoms with Gasteiger partial charge in [-0.2, -0.15) is 0 Å². The second-order valence-electron chi connectivity index (χ2n) is 7.37. The predicted octanol–water partition coefficient (Wildman–Crippen LogP) is 3.20. The first-order chi connectivity index (χ1) is 14.4. The van der Waals surface area contributed by atoms with E-state index in [1.54, 1.807) is 6.07 Å². The van der Waals surface area contributed by atoms with E-state index < -0.39 is 42.1 Å². The molecule has 0 radical (unpaired) electrons. The molecule has 0 bridgehead atoms. The molecule has 0 saturated carbocycles. The lowest BCUT2D eigenvalue weighted by Crippen LogP contribution is -2.39. The molecule has 0 spiro atoms. The highest BCUT2D eigenvalue weighted by Crippen LogP contribution is 2.45. The summed E-state index contributed by atoms with van der Waals surface area (Å²) >= 11 is 0. The largest absolute Gasteiger partial charge is 0.573 e. The number of urea groups is 1. The number of amides is 3. The molecule has 1 unspecified atom stereocenters. The first-order valence-electron chi connectivity index (χ1n) is 9.18. The van der Waals surface area contributed by atoms with Gasteiger partial charge in [-0.3, -0.25) is 4.79 Å². The number of benzene rings is 2. The van der Waals surface area contributed by atoms with E-state index >= 15 is 0 Å². The summed E-state index contributed by atoms with van der Waals surface area (Å²) in [6.45, 7) is -0.132. The Morgan fingerprint density at radius 3 is 2.35 bits per heavy atom. The van der Waals surface area contributed by atoms with Crippen LogP contribution in [0.15, 0.2) is 42.5 Å². The lowest BCUT2D eigenvalue weighted by Gasteiger charge is -2.33. The summed E-state index contributed by atoms with van der Waals surface area (Å²) in [6, 6.07) is 6.51. The molecule has 6 nitrogen and oxygen atoms in total. The van der Waals surface area contributed by atoms with E-state index in [0.717, 1.165) is 12.1 Å². The van der Waals surface area contributed by atoms with Crippen molar-refractivity contribution in [2.75, 3.05) is 6.54 Å². The van der Waals surface area contributed by atoms with Gasteiger partial charge in [0.2, 0.25) is 5.91 Å². The van der Waals surface area contributed by atoms with Crippen molar-refractivity contribution in [3.05, 3.63) is 64.7 Å². The minimum Gasteiger partial charge on any atom is -0.406 e. The SMILES string of the molecule is NC(=O)C1CN([C@@H](c2ccc(OC(F)(F)F)cc2)c2ccc3c(c2)C(F)(F)C3)C(=O)N1. The van der Waals surface area contributed by atoms with Crippen LogP contribution in [0.4, 0.5) is 26.7 Å². The molecule has 3 amide bonds. The van der Waals surface area contributed by atoms with Gasteiger partial charge in [0.15, 0.2) is 0 Å². The highest BCUT2D eigenvalue weighted by molar-refractivity contribution is 5.89. The van der Waals surface area contributed by atoms with E-state index in [1.165, 1.54) is 29.2 Å². The Hall–Kier alpha value is -3.37. The number of nitrogens with zero attached hydrogens (tertiary/aromatic N) is 1. The second kappa shape index (κ2) is 7.10. The molecule has 1 fully saturated rings. The number of carbonyl (C=O) groups excluding carboxylic acids is 2. The molecule has 1 aliphatic carbocycles. The Labute approximate surface area is 172 Å². The van der Waals surface area contributed by atoms with Crippen LogP contribution in [0.3, 0.4) is 0 Å². The average Bonchev–Trinajstić information content (AvgIpc) is 3.04. The summed E-state index contributed by atoms with van der Waals surface area (Å²) in [5, 5.41) is 2.41. The van der Waals surface area contributed by atoms with Crippen molar-refractivity contribution in [3.63, 3.8) is 0 Å². The van der Waals surface area contributed by atoms with E-state index in [2.05, 4.69) is 10.1 Å².